The van der Waals surface area contributed by atoms with Gasteiger partial charge in [0, 0.05) is 11.6 Å². The van der Waals surface area contributed by atoms with E-state index in [2.05, 4.69) is 0 Å². The van der Waals surface area contributed by atoms with Crippen LogP contribution in [0.1, 0.15) is 23.3 Å². The van der Waals surface area contributed by atoms with Crippen LogP contribution in [0.15, 0.2) is 39.5 Å². The van der Waals surface area contributed by atoms with Crippen LogP contribution in [0, 0.1) is 0 Å². The number of phenols is 3. The third kappa shape index (κ3) is 4.19. The number of rotatable bonds is 3. The molecule has 2 aliphatic heterocycles. The van der Waals surface area contributed by atoms with Gasteiger partial charge in [0.2, 0.25) is 0 Å². The van der Waals surface area contributed by atoms with Gasteiger partial charge in [0.25, 0.3) is 0 Å². The highest BCUT2D eigenvalue weighted by atomic mass is 16.5. The summed E-state index contributed by atoms with van der Waals surface area (Å²) in [6.45, 7) is -0.966. The van der Waals surface area contributed by atoms with Crippen LogP contribution in [0.25, 0.3) is 22.3 Å². The van der Waals surface area contributed by atoms with Crippen LogP contribution in [0.2, 0.25) is 0 Å². The van der Waals surface area contributed by atoms with Gasteiger partial charge in [-0.1, -0.05) is 0 Å². The maximum absolute atomic E-state index is 13.3. The lowest BCUT2D eigenvalue weighted by Gasteiger charge is -2.38. The van der Waals surface area contributed by atoms with Crippen LogP contribution in [-0.2, 0) is 9.47 Å². The summed E-state index contributed by atoms with van der Waals surface area (Å²) in [4.78, 5) is 13.3. The Morgan fingerprint density at radius 3 is 1.76 bits per heavy atom. The zero-order valence-corrected chi connectivity index (χ0v) is 19.6. The number of ether oxygens (including phenoxy) is 2. The molecule has 0 spiro atoms. The second kappa shape index (κ2) is 9.80. The summed E-state index contributed by atoms with van der Waals surface area (Å²) in [5, 5.41) is 93.1. The topological polar surface area (TPSA) is 231 Å². The fraction of sp³-hybridized carbons (Fsp3) is 0.400. The Morgan fingerprint density at radius 2 is 1.21 bits per heavy atom. The number of aliphatic hydroxyl groups excluding tert-OH is 6. The van der Waals surface area contributed by atoms with Crippen molar-refractivity contribution in [1.29, 1.82) is 0 Å². The first-order valence-electron chi connectivity index (χ1n) is 11.7. The molecule has 0 saturated carbocycles. The molecular weight excluding hydrogens is 508 g/mol. The van der Waals surface area contributed by atoms with Crippen LogP contribution >= 0.6 is 0 Å². The molecule has 9 N–H and O–H groups in total. The first-order valence-corrected chi connectivity index (χ1v) is 11.7. The maximum atomic E-state index is 13.3. The Kier molecular flexibility index (Phi) is 6.79. The van der Waals surface area contributed by atoms with E-state index in [1.165, 1.54) is 24.3 Å². The van der Waals surface area contributed by atoms with Gasteiger partial charge in [-0.15, -0.1) is 0 Å². The molecule has 0 unspecified atom stereocenters. The highest BCUT2D eigenvalue weighted by Crippen LogP contribution is 2.50. The number of hydrogen-bond acceptors (Lipinski definition) is 13. The molecule has 5 rings (SSSR count). The number of benzene rings is 2. The summed E-state index contributed by atoms with van der Waals surface area (Å²) in [5.41, 5.74) is -1.86. The number of phenolic OH excluding ortho intramolecular Hbond substituents is 3. The van der Waals surface area contributed by atoms with Crippen molar-refractivity contribution in [3.8, 4) is 28.6 Å². The normalized spacial score (nSPS) is 31.9. The lowest BCUT2D eigenvalue weighted by atomic mass is 9.87. The van der Waals surface area contributed by atoms with Crippen LogP contribution < -0.4 is 5.43 Å². The van der Waals surface area contributed by atoms with Crippen molar-refractivity contribution in [1.82, 2.24) is 0 Å². The Hall–Kier alpha value is -3.27. The summed E-state index contributed by atoms with van der Waals surface area (Å²) in [7, 11) is 0. The third-order valence-electron chi connectivity index (χ3n) is 6.92. The fourth-order valence-electron chi connectivity index (χ4n) is 4.83. The third-order valence-corrected chi connectivity index (χ3v) is 6.92. The minimum atomic E-state index is -1.85. The maximum Gasteiger partial charge on any atom is 0.197 e. The number of aromatic hydroxyl groups is 3. The molecule has 0 radical (unpaired) electrons. The van der Waals surface area contributed by atoms with Gasteiger partial charge < -0.3 is 59.8 Å². The van der Waals surface area contributed by atoms with E-state index in [1.807, 2.05) is 0 Å². The molecule has 2 saturated heterocycles. The van der Waals surface area contributed by atoms with E-state index in [4.69, 9.17) is 13.9 Å². The first-order chi connectivity index (χ1) is 18.0. The molecule has 0 aliphatic carbocycles. The highest BCUT2D eigenvalue weighted by molar-refractivity contribution is 5.91. The summed E-state index contributed by atoms with van der Waals surface area (Å²) < 4.78 is 16.8. The average molecular weight is 534 g/mol. The first kappa shape index (κ1) is 26.3. The van der Waals surface area contributed by atoms with E-state index in [-0.39, 0.29) is 11.5 Å². The monoisotopic (exact) mass is 534 g/mol. The fourth-order valence-corrected chi connectivity index (χ4v) is 4.83. The molecule has 38 heavy (non-hydrogen) atoms. The van der Waals surface area contributed by atoms with E-state index in [0.29, 0.717) is 5.56 Å². The van der Waals surface area contributed by atoms with Crippen LogP contribution in [0.5, 0.6) is 17.2 Å². The summed E-state index contributed by atoms with van der Waals surface area (Å²) in [6.07, 6.45) is -13.3. The van der Waals surface area contributed by atoms with Crippen molar-refractivity contribution in [2.75, 3.05) is 13.2 Å². The van der Waals surface area contributed by atoms with E-state index in [0.717, 1.165) is 6.07 Å². The van der Waals surface area contributed by atoms with E-state index in [9.17, 15) is 50.8 Å². The van der Waals surface area contributed by atoms with Crippen LogP contribution in [-0.4, -0.2) is 95.8 Å². The minimum absolute atomic E-state index is 0.0475. The summed E-state index contributed by atoms with van der Waals surface area (Å²) in [6, 6.07) is 6.60. The number of hydrogen-bond donors (Lipinski definition) is 9. The van der Waals surface area contributed by atoms with Crippen molar-refractivity contribution < 1.29 is 59.8 Å². The van der Waals surface area contributed by atoms with Gasteiger partial charge in [0.15, 0.2) is 11.0 Å². The van der Waals surface area contributed by atoms with E-state index >= 15 is 0 Å². The molecule has 2 aromatic carbocycles. The molecular formula is C25H26O13. The molecule has 2 fully saturated rings. The Balaban J connectivity index is 1.80. The molecule has 0 bridgehead atoms. The van der Waals surface area contributed by atoms with Gasteiger partial charge in [-0.25, -0.2) is 0 Å². The van der Waals surface area contributed by atoms with Crippen molar-refractivity contribution in [2.24, 2.45) is 0 Å². The summed E-state index contributed by atoms with van der Waals surface area (Å²) in [5.74, 6) is -1.80. The molecule has 0 amide bonds. The largest absolute Gasteiger partial charge is 0.508 e. The standard InChI is InChI=1S/C25H26O13/c26-9-3-1-8(2-4-9)13-5-10(27)14-19(32)15(24-21(34)17(30)11(28)6-36-24)20(33)16(23(14)38-13)25-22(35)18(31)12(29)7-37-25/h1-5,11-12,17-18,21-22,24-26,28-35H,6-7H2/t11-,12-,17-,18+,21-,22+,24-,25+/m0/s1. The second-order valence-corrected chi connectivity index (χ2v) is 9.36. The SMILES string of the molecule is O=c1cc(-c2ccc(O)cc2)oc2c([C@H]3OC[C@H](O)[C@@H](O)[C@H]3O)c(O)c([C@@H]3OC[C@H](O)[C@H](O)[C@@H]3O)c(O)c12. The van der Waals surface area contributed by atoms with Gasteiger partial charge in [0.05, 0.1) is 24.3 Å². The van der Waals surface area contributed by atoms with Gasteiger partial charge in [-0.2, -0.15) is 0 Å². The molecule has 204 valence electrons. The highest BCUT2D eigenvalue weighted by Gasteiger charge is 2.46. The zero-order chi connectivity index (χ0) is 27.5. The number of fused-ring (bicyclic) bond motifs is 1. The zero-order valence-electron chi connectivity index (χ0n) is 19.6. The Morgan fingerprint density at radius 1 is 0.684 bits per heavy atom. The van der Waals surface area contributed by atoms with Crippen molar-refractivity contribution in [3.63, 3.8) is 0 Å². The van der Waals surface area contributed by atoms with Gasteiger partial charge in [-0.3, -0.25) is 4.79 Å². The lowest BCUT2D eigenvalue weighted by molar-refractivity contribution is -0.191. The van der Waals surface area contributed by atoms with E-state index < -0.39 is 101 Å². The molecule has 3 heterocycles. The minimum Gasteiger partial charge on any atom is -0.508 e. The second-order valence-electron chi connectivity index (χ2n) is 9.36. The molecule has 3 aromatic rings. The molecule has 1 aromatic heterocycles. The van der Waals surface area contributed by atoms with Crippen molar-refractivity contribution in [2.45, 2.75) is 48.8 Å². The molecule has 2 aliphatic rings. The lowest BCUT2D eigenvalue weighted by Crippen LogP contribution is -2.49. The quantitative estimate of drug-likeness (QED) is 0.194. The van der Waals surface area contributed by atoms with Crippen molar-refractivity contribution >= 4 is 11.0 Å². The predicted molar refractivity (Wildman–Crippen MR) is 126 cm³/mol. The van der Waals surface area contributed by atoms with Gasteiger partial charge in [-0.05, 0) is 24.3 Å². The van der Waals surface area contributed by atoms with Crippen molar-refractivity contribution in [3.05, 3.63) is 51.7 Å². The smallest absolute Gasteiger partial charge is 0.197 e. The Bertz CT molecular complexity index is 1400. The van der Waals surface area contributed by atoms with Gasteiger partial charge >= 0.3 is 0 Å². The average Bonchev–Trinajstić information content (AvgIpc) is 2.88. The molecule has 13 nitrogen and oxygen atoms in total. The molecule has 8 atom stereocenters. The number of aliphatic hydroxyl groups is 6. The predicted octanol–water partition coefficient (Wildman–Crippen LogP) is -1.12. The summed E-state index contributed by atoms with van der Waals surface area (Å²) >= 11 is 0. The van der Waals surface area contributed by atoms with Crippen LogP contribution in [0.3, 0.4) is 0 Å². The Labute approximate surface area is 213 Å². The van der Waals surface area contributed by atoms with Gasteiger partial charge in [0.1, 0.15) is 77.2 Å². The van der Waals surface area contributed by atoms with E-state index in [1.54, 1.807) is 0 Å². The van der Waals surface area contributed by atoms with Crippen LogP contribution in [0.4, 0.5) is 0 Å². The molecule has 13 heteroatoms.